The first kappa shape index (κ1) is 14.6. The molecule has 1 aliphatic rings. The van der Waals surface area contributed by atoms with Crippen molar-refractivity contribution >= 4 is 11.3 Å². The molecule has 1 aliphatic heterocycles. The largest absolute Gasteiger partial charge is 0.317 e. The van der Waals surface area contributed by atoms with Crippen molar-refractivity contribution in [3.8, 4) is 0 Å². The molecule has 0 aromatic carbocycles. The van der Waals surface area contributed by atoms with Gasteiger partial charge in [0.15, 0.2) is 0 Å². The minimum atomic E-state index is 0.641. The van der Waals surface area contributed by atoms with Gasteiger partial charge in [-0.25, -0.2) is 9.97 Å². The highest BCUT2D eigenvalue weighted by atomic mass is 32.1. The molecule has 1 fully saturated rings. The monoisotopic (exact) mass is 302 g/mol. The van der Waals surface area contributed by atoms with E-state index in [4.69, 9.17) is 0 Å². The molecular formula is C16H22N4S. The summed E-state index contributed by atoms with van der Waals surface area (Å²) < 4.78 is 0. The van der Waals surface area contributed by atoms with Crippen molar-refractivity contribution in [3.05, 3.63) is 46.7 Å². The van der Waals surface area contributed by atoms with Crippen LogP contribution < -0.4 is 5.32 Å². The highest BCUT2D eigenvalue weighted by molar-refractivity contribution is 7.09. The lowest BCUT2D eigenvalue weighted by Gasteiger charge is -2.30. The Bertz CT molecular complexity index is 506. The first-order valence-corrected chi connectivity index (χ1v) is 8.51. The summed E-state index contributed by atoms with van der Waals surface area (Å²) in [6.45, 7) is 4.23. The molecule has 21 heavy (non-hydrogen) atoms. The Morgan fingerprint density at radius 3 is 2.90 bits per heavy atom. The van der Waals surface area contributed by atoms with Crippen LogP contribution in [0.5, 0.6) is 0 Å². The lowest BCUT2D eigenvalue weighted by atomic mass is 10.1. The summed E-state index contributed by atoms with van der Waals surface area (Å²) >= 11 is 1.84. The summed E-state index contributed by atoms with van der Waals surface area (Å²) in [5, 5.41) is 5.67. The maximum Gasteiger partial charge on any atom is 0.115 e. The average molecular weight is 302 g/mol. The SMILES string of the molecule is c1csc(CN(Cc2cncnc2)[C@@H]2CCCNCC2)c1. The summed E-state index contributed by atoms with van der Waals surface area (Å²) in [6, 6.07) is 5.01. The number of nitrogens with one attached hydrogen (secondary N) is 1. The molecule has 0 saturated carbocycles. The molecule has 2 aromatic rings. The van der Waals surface area contributed by atoms with Crippen molar-refractivity contribution in [2.24, 2.45) is 0 Å². The fraction of sp³-hybridized carbons (Fsp3) is 0.500. The van der Waals surface area contributed by atoms with Gasteiger partial charge in [-0.2, -0.15) is 0 Å². The van der Waals surface area contributed by atoms with Gasteiger partial charge in [0.05, 0.1) is 0 Å². The van der Waals surface area contributed by atoms with Gasteiger partial charge in [0.2, 0.25) is 0 Å². The third-order valence-electron chi connectivity index (χ3n) is 4.00. The highest BCUT2D eigenvalue weighted by Crippen LogP contribution is 2.21. The second-order valence-electron chi connectivity index (χ2n) is 5.57. The van der Waals surface area contributed by atoms with Crippen molar-refractivity contribution in [1.29, 1.82) is 0 Å². The highest BCUT2D eigenvalue weighted by Gasteiger charge is 2.21. The molecule has 0 aliphatic carbocycles. The molecule has 112 valence electrons. The molecule has 1 N–H and O–H groups in total. The van der Waals surface area contributed by atoms with E-state index < -0.39 is 0 Å². The molecule has 0 amide bonds. The molecule has 3 rings (SSSR count). The van der Waals surface area contributed by atoms with Crippen molar-refractivity contribution in [1.82, 2.24) is 20.2 Å². The van der Waals surface area contributed by atoms with Crippen molar-refractivity contribution < 1.29 is 0 Å². The molecular weight excluding hydrogens is 280 g/mol. The van der Waals surface area contributed by atoms with E-state index in [1.54, 1.807) is 6.33 Å². The van der Waals surface area contributed by atoms with E-state index in [-0.39, 0.29) is 0 Å². The number of hydrogen-bond acceptors (Lipinski definition) is 5. The molecule has 0 unspecified atom stereocenters. The summed E-state index contributed by atoms with van der Waals surface area (Å²) in [7, 11) is 0. The fourth-order valence-corrected chi connectivity index (χ4v) is 3.66. The Hall–Kier alpha value is -1.30. The number of hydrogen-bond donors (Lipinski definition) is 1. The molecule has 0 bridgehead atoms. The Balaban J connectivity index is 1.72. The minimum absolute atomic E-state index is 0.641. The maximum atomic E-state index is 4.15. The van der Waals surface area contributed by atoms with Crippen LogP contribution in [0.25, 0.3) is 0 Å². The van der Waals surface area contributed by atoms with Crippen molar-refractivity contribution in [3.63, 3.8) is 0 Å². The third kappa shape index (κ3) is 4.33. The van der Waals surface area contributed by atoms with Crippen LogP contribution >= 0.6 is 11.3 Å². The quantitative estimate of drug-likeness (QED) is 0.922. The Morgan fingerprint density at radius 2 is 2.10 bits per heavy atom. The molecule has 0 radical (unpaired) electrons. The summed E-state index contributed by atoms with van der Waals surface area (Å²) in [5.41, 5.74) is 1.20. The number of rotatable bonds is 5. The zero-order chi connectivity index (χ0) is 14.3. The van der Waals surface area contributed by atoms with Gasteiger partial charge in [0.1, 0.15) is 6.33 Å². The lowest BCUT2D eigenvalue weighted by molar-refractivity contribution is 0.165. The predicted molar refractivity (Wildman–Crippen MR) is 86.1 cm³/mol. The van der Waals surface area contributed by atoms with E-state index in [0.29, 0.717) is 6.04 Å². The van der Waals surface area contributed by atoms with Gasteiger partial charge in [-0.05, 0) is 43.8 Å². The second kappa shape index (κ2) is 7.64. The zero-order valence-corrected chi connectivity index (χ0v) is 13.1. The van der Waals surface area contributed by atoms with Crippen LogP contribution in [0.2, 0.25) is 0 Å². The van der Waals surface area contributed by atoms with E-state index >= 15 is 0 Å². The first-order valence-electron chi connectivity index (χ1n) is 7.63. The number of aromatic nitrogens is 2. The molecule has 1 saturated heterocycles. The molecule has 0 spiro atoms. The molecule has 1 atom stereocenters. The van der Waals surface area contributed by atoms with E-state index in [2.05, 4.69) is 37.7 Å². The van der Waals surface area contributed by atoms with Crippen LogP contribution in [0.3, 0.4) is 0 Å². The van der Waals surface area contributed by atoms with Gasteiger partial charge in [-0.3, -0.25) is 4.90 Å². The summed E-state index contributed by atoms with van der Waals surface area (Å²) in [6.07, 6.45) is 9.22. The van der Waals surface area contributed by atoms with Gasteiger partial charge >= 0.3 is 0 Å². The number of thiophene rings is 1. The lowest BCUT2D eigenvalue weighted by Crippen LogP contribution is -2.35. The Morgan fingerprint density at radius 1 is 1.19 bits per heavy atom. The topological polar surface area (TPSA) is 41.1 Å². The van der Waals surface area contributed by atoms with Crippen LogP contribution in [-0.2, 0) is 13.1 Å². The van der Waals surface area contributed by atoms with Crippen LogP contribution in [0.1, 0.15) is 29.7 Å². The summed E-state index contributed by atoms with van der Waals surface area (Å²) in [5.74, 6) is 0. The first-order chi connectivity index (χ1) is 10.4. The molecule has 3 heterocycles. The normalized spacial score (nSPS) is 19.6. The van der Waals surface area contributed by atoms with Crippen LogP contribution in [0.15, 0.2) is 36.2 Å². The van der Waals surface area contributed by atoms with Gasteiger partial charge in [-0.1, -0.05) is 6.07 Å². The smallest absolute Gasteiger partial charge is 0.115 e. The van der Waals surface area contributed by atoms with Crippen molar-refractivity contribution in [2.45, 2.75) is 38.4 Å². The van der Waals surface area contributed by atoms with Crippen LogP contribution in [-0.4, -0.2) is 34.0 Å². The maximum absolute atomic E-state index is 4.15. The number of nitrogens with zero attached hydrogens (tertiary/aromatic N) is 3. The zero-order valence-electron chi connectivity index (χ0n) is 12.2. The van der Waals surface area contributed by atoms with Gasteiger partial charge in [-0.15, -0.1) is 11.3 Å². The third-order valence-corrected chi connectivity index (χ3v) is 4.86. The second-order valence-corrected chi connectivity index (χ2v) is 6.60. The van der Waals surface area contributed by atoms with Crippen molar-refractivity contribution in [2.75, 3.05) is 13.1 Å². The Kier molecular flexibility index (Phi) is 5.32. The Labute approximate surface area is 130 Å². The van der Waals surface area contributed by atoms with E-state index in [1.165, 1.54) is 29.7 Å². The van der Waals surface area contributed by atoms with Gasteiger partial charge < -0.3 is 5.32 Å². The standard InChI is InChI=1S/C16H22N4S/c1-3-15(5-7-17-6-1)20(12-16-4-2-8-21-16)11-14-9-18-13-19-10-14/h2,4,8-10,13,15,17H,1,3,5-7,11-12H2/t15-/m1/s1. The average Bonchev–Trinajstić information content (AvgIpc) is 2.87. The molecule has 2 aromatic heterocycles. The van der Waals surface area contributed by atoms with E-state index in [1.807, 2.05) is 23.7 Å². The van der Waals surface area contributed by atoms with Crippen LogP contribution in [0.4, 0.5) is 0 Å². The van der Waals surface area contributed by atoms with Gasteiger partial charge in [0, 0.05) is 42.0 Å². The minimum Gasteiger partial charge on any atom is -0.317 e. The summed E-state index contributed by atoms with van der Waals surface area (Å²) in [4.78, 5) is 12.3. The van der Waals surface area contributed by atoms with E-state index in [9.17, 15) is 0 Å². The predicted octanol–water partition coefficient (Wildman–Crippen LogP) is 2.68. The van der Waals surface area contributed by atoms with Gasteiger partial charge in [0.25, 0.3) is 0 Å². The molecule has 5 heteroatoms. The fourth-order valence-electron chi connectivity index (χ4n) is 2.93. The van der Waals surface area contributed by atoms with Crippen LogP contribution in [0, 0.1) is 0 Å². The van der Waals surface area contributed by atoms with E-state index in [0.717, 1.165) is 26.2 Å². The molecule has 4 nitrogen and oxygen atoms in total.